The molecule has 0 aliphatic carbocycles. The maximum atomic E-state index is 9.74. The Morgan fingerprint density at radius 3 is 2.48 bits per heavy atom. The Hall–Kier alpha value is -0.390. The van der Waals surface area contributed by atoms with Crippen molar-refractivity contribution >= 4 is 34.3 Å². The highest BCUT2D eigenvalue weighted by atomic mass is 35.5. The fourth-order valence-electron chi connectivity index (χ4n) is 2.38. The van der Waals surface area contributed by atoms with Crippen molar-refractivity contribution in [2.24, 2.45) is 5.41 Å². The van der Waals surface area contributed by atoms with Crippen LogP contribution in [0.3, 0.4) is 0 Å². The van der Waals surface area contributed by atoms with Crippen LogP contribution in [0.5, 0.6) is 0 Å². The van der Waals surface area contributed by atoms with Gasteiger partial charge in [-0.05, 0) is 36.4 Å². The van der Waals surface area contributed by atoms with E-state index in [4.69, 9.17) is 11.6 Å². The first-order valence-electron chi connectivity index (χ1n) is 7.27. The Bertz CT molecular complexity index is 526. The van der Waals surface area contributed by atoms with Gasteiger partial charge in [-0.3, -0.25) is 0 Å². The molecule has 0 aromatic carbocycles. The number of rotatable bonds is 8. The molecule has 0 saturated heterocycles. The van der Waals surface area contributed by atoms with Gasteiger partial charge in [0.05, 0.1) is 10.4 Å². The molecule has 0 bridgehead atoms. The van der Waals surface area contributed by atoms with Crippen molar-refractivity contribution in [3.8, 4) is 0 Å². The van der Waals surface area contributed by atoms with Crippen LogP contribution in [-0.2, 0) is 0 Å². The van der Waals surface area contributed by atoms with E-state index in [0.29, 0.717) is 0 Å². The lowest BCUT2D eigenvalue weighted by atomic mass is 9.83. The number of hydrogen-bond acceptors (Lipinski definition) is 4. The van der Waals surface area contributed by atoms with Crippen LogP contribution in [0, 0.1) is 5.41 Å². The first-order valence-corrected chi connectivity index (χ1v) is 9.34. The quantitative estimate of drug-likeness (QED) is 0.711. The van der Waals surface area contributed by atoms with Crippen molar-refractivity contribution in [2.75, 3.05) is 13.2 Å². The third kappa shape index (κ3) is 4.08. The Morgan fingerprint density at radius 2 is 2.00 bits per heavy atom. The van der Waals surface area contributed by atoms with E-state index < -0.39 is 0 Å². The van der Waals surface area contributed by atoms with E-state index in [9.17, 15) is 5.11 Å². The summed E-state index contributed by atoms with van der Waals surface area (Å²) in [6.45, 7) is 5.30. The first-order chi connectivity index (χ1) is 10.1. The fraction of sp³-hybridized carbons (Fsp3) is 0.500. The Kier molecular flexibility index (Phi) is 6.26. The molecule has 5 heteroatoms. The van der Waals surface area contributed by atoms with Crippen LogP contribution in [0.1, 0.15) is 42.5 Å². The Labute approximate surface area is 139 Å². The first kappa shape index (κ1) is 17.0. The number of aliphatic hydroxyl groups excluding tert-OH is 1. The number of hydrogen-bond donors (Lipinski definition) is 2. The van der Waals surface area contributed by atoms with E-state index in [2.05, 4.69) is 42.7 Å². The summed E-state index contributed by atoms with van der Waals surface area (Å²) in [5.41, 5.74) is -0.0451. The molecule has 0 fully saturated rings. The fourth-order valence-corrected chi connectivity index (χ4v) is 4.43. The third-order valence-electron chi connectivity index (χ3n) is 4.22. The highest BCUT2D eigenvalue weighted by Crippen LogP contribution is 2.34. The maximum absolute atomic E-state index is 9.74. The number of thiophene rings is 2. The topological polar surface area (TPSA) is 32.3 Å². The lowest BCUT2D eigenvalue weighted by Crippen LogP contribution is -2.38. The molecule has 2 nitrogen and oxygen atoms in total. The zero-order valence-corrected chi connectivity index (χ0v) is 14.8. The predicted molar refractivity (Wildman–Crippen MR) is 93.6 cm³/mol. The monoisotopic (exact) mass is 343 g/mol. The van der Waals surface area contributed by atoms with Crippen LogP contribution in [0.15, 0.2) is 29.6 Å². The molecule has 0 amide bonds. The van der Waals surface area contributed by atoms with Gasteiger partial charge in [0.2, 0.25) is 0 Å². The molecule has 1 atom stereocenters. The van der Waals surface area contributed by atoms with E-state index >= 15 is 0 Å². The van der Waals surface area contributed by atoms with Crippen molar-refractivity contribution in [3.05, 3.63) is 43.7 Å². The molecule has 0 saturated carbocycles. The molecule has 0 aliphatic heterocycles. The summed E-state index contributed by atoms with van der Waals surface area (Å²) in [6.07, 6.45) is 1.94. The molecular weight excluding hydrogens is 322 g/mol. The minimum atomic E-state index is -0.0451. The summed E-state index contributed by atoms with van der Waals surface area (Å²) in [6, 6.07) is 8.41. The smallest absolute Gasteiger partial charge is 0.0931 e. The summed E-state index contributed by atoms with van der Waals surface area (Å²) in [4.78, 5) is 2.51. The minimum Gasteiger partial charge on any atom is -0.396 e. The third-order valence-corrected chi connectivity index (χ3v) is 6.46. The summed E-state index contributed by atoms with van der Waals surface area (Å²) in [5, 5.41) is 15.5. The molecule has 0 spiro atoms. The van der Waals surface area contributed by atoms with E-state index in [1.54, 1.807) is 22.7 Å². The van der Waals surface area contributed by atoms with Gasteiger partial charge in [-0.25, -0.2) is 0 Å². The molecule has 21 heavy (non-hydrogen) atoms. The minimum absolute atomic E-state index is 0.0451. The zero-order valence-electron chi connectivity index (χ0n) is 12.4. The molecule has 0 radical (unpaired) electrons. The SMILES string of the molecule is CCC(CC)(CO)CNC(c1cccs1)c1ccc(Cl)s1. The van der Waals surface area contributed by atoms with E-state index in [-0.39, 0.29) is 18.1 Å². The van der Waals surface area contributed by atoms with E-state index in [0.717, 1.165) is 23.7 Å². The average Bonchev–Trinajstić information content (AvgIpc) is 3.16. The van der Waals surface area contributed by atoms with Gasteiger partial charge in [-0.1, -0.05) is 31.5 Å². The van der Waals surface area contributed by atoms with Gasteiger partial charge in [0.1, 0.15) is 0 Å². The number of halogens is 1. The lowest BCUT2D eigenvalue weighted by Gasteiger charge is -2.31. The standard InChI is InChI=1S/C16H22ClNOS2/c1-3-16(4-2,11-19)10-18-15(12-6-5-9-20-12)13-7-8-14(17)21-13/h5-9,15,18-19H,3-4,10-11H2,1-2H3. The molecule has 116 valence electrons. The second-order valence-electron chi connectivity index (χ2n) is 5.34. The van der Waals surface area contributed by atoms with Crippen LogP contribution in [-0.4, -0.2) is 18.3 Å². The predicted octanol–water partition coefficient (Wildman–Crippen LogP) is 4.94. The molecule has 2 heterocycles. The van der Waals surface area contributed by atoms with Gasteiger partial charge in [0.15, 0.2) is 0 Å². The largest absolute Gasteiger partial charge is 0.396 e. The summed E-state index contributed by atoms with van der Waals surface area (Å²) in [5.74, 6) is 0. The lowest BCUT2D eigenvalue weighted by molar-refractivity contribution is 0.111. The Morgan fingerprint density at radius 1 is 1.24 bits per heavy atom. The molecule has 2 N–H and O–H groups in total. The van der Waals surface area contributed by atoms with E-state index in [1.165, 1.54) is 9.75 Å². The zero-order chi connectivity index (χ0) is 15.3. The van der Waals surface area contributed by atoms with Gasteiger partial charge in [-0.15, -0.1) is 22.7 Å². The van der Waals surface area contributed by atoms with Crippen molar-refractivity contribution in [2.45, 2.75) is 32.7 Å². The summed E-state index contributed by atoms with van der Waals surface area (Å²) < 4.78 is 0.813. The second kappa shape index (κ2) is 7.75. The maximum Gasteiger partial charge on any atom is 0.0931 e. The second-order valence-corrected chi connectivity index (χ2v) is 8.06. The van der Waals surface area contributed by atoms with Crippen LogP contribution in [0.4, 0.5) is 0 Å². The number of aliphatic hydroxyl groups is 1. The highest BCUT2D eigenvalue weighted by molar-refractivity contribution is 7.16. The van der Waals surface area contributed by atoms with Gasteiger partial charge in [0.25, 0.3) is 0 Å². The number of nitrogens with one attached hydrogen (secondary N) is 1. The summed E-state index contributed by atoms with van der Waals surface area (Å²) >= 11 is 9.45. The van der Waals surface area contributed by atoms with Crippen molar-refractivity contribution in [1.82, 2.24) is 5.32 Å². The highest BCUT2D eigenvalue weighted by Gasteiger charge is 2.27. The molecule has 0 aliphatic rings. The Balaban J connectivity index is 2.18. The van der Waals surface area contributed by atoms with Gasteiger partial charge in [-0.2, -0.15) is 0 Å². The molecule has 1 unspecified atom stereocenters. The van der Waals surface area contributed by atoms with Crippen molar-refractivity contribution in [3.63, 3.8) is 0 Å². The molecular formula is C16H22ClNOS2. The van der Waals surface area contributed by atoms with Gasteiger partial charge in [0, 0.05) is 28.3 Å². The van der Waals surface area contributed by atoms with Crippen molar-refractivity contribution < 1.29 is 5.11 Å². The molecule has 2 aromatic heterocycles. The van der Waals surface area contributed by atoms with Gasteiger partial charge < -0.3 is 10.4 Å². The van der Waals surface area contributed by atoms with Crippen LogP contribution in [0.2, 0.25) is 4.34 Å². The van der Waals surface area contributed by atoms with E-state index in [1.807, 2.05) is 6.07 Å². The van der Waals surface area contributed by atoms with Crippen LogP contribution in [0.25, 0.3) is 0 Å². The average molecular weight is 344 g/mol. The molecule has 2 rings (SSSR count). The van der Waals surface area contributed by atoms with Crippen LogP contribution < -0.4 is 5.32 Å². The van der Waals surface area contributed by atoms with Crippen LogP contribution >= 0.6 is 34.3 Å². The molecule has 2 aromatic rings. The van der Waals surface area contributed by atoms with Gasteiger partial charge >= 0.3 is 0 Å². The van der Waals surface area contributed by atoms with Crippen molar-refractivity contribution in [1.29, 1.82) is 0 Å². The normalized spacial score (nSPS) is 13.5. The summed E-state index contributed by atoms with van der Waals surface area (Å²) in [7, 11) is 0.